The average Bonchev–Trinajstić information content (AvgIpc) is 3.42. The van der Waals surface area contributed by atoms with E-state index in [1.807, 2.05) is 0 Å². The van der Waals surface area contributed by atoms with Gasteiger partial charge in [-0.2, -0.15) is 0 Å². The fourth-order valence-electron chi connectivity index (χ4n) is 3.20. The van der Waals surface area contributed by atoms with Crippen LogP contribution in [0.2, 0.25) is 5.02 Å². The van der Waals surface area contributed by atoms with Gasteiger partial charge in [0.2, 0.25) is 5.78 Å². The van der Waals surface area contributed by atoms with Crippen molar-refractivity contribution in [3.63, 3.8) is 0 Å². The first kappa shape index (κ1) is 17.9. The van der Waals surface area contributed by atoms with E-state index in [9.17, 15) is 19.8 Å². The van der Waals surface area contributed by atoms with E-state index in [2.05, 4.69) is 0 Å². The zero-order valence-electron chi connectivity index (χ0n) is 14.3. The number of halogens is 1. The summed E-state index contributed by atoms with van der Waals surface area (Å²) in [7, 11) is 0. The number of amides is 1. The van der Waals surface area contributed by atoms with Crippen molar-refractivity contribution >= 4 is 23.3 Å². The predicted octanol–water partition coefficient (Wildman–Crippen LogP) is 4.01. The van der Waals surface area contributed by atoms with Gasteiger partial charge >= 0.3 is 0 Å². The lowest BCUT2D eigenvalue weighted by Gasteiger charge is -2.26. The Morgan fingerprint density at radius 1 is 1.11 bits per heavy atom. The highest BCUT2D eigenvalue weighted by Crippen LogP contribution is 2.41. The fourth-order valence-corrected chi connectivity index (χ4v) is 3.39. The van der Waals surface area contributed by atoms with Crippen LogP contribution in [0.5, 0.6) is 5.75 Å². The maximum atomic E-state index is 13.0. The molecule has 0 spiro atoms. The Morgan fingerprint density at radius 2 is 1.86 bits per heavy atom. The van der Waals surface area contributed by atoms with Crippen LogP contribution in [-0.4, -0.2) is 26.8 Å². The Hall–Kier alpha value is -3.45. The molecule has 28 heavy (non-hydrogen) atoms. The third-order valence-corrected chi connectivity index (χ3v) is 4.79. The van der Waals surface area contributed by atoms with Gasteiger partial charge in [-0.15, -0.1) is 0 Å². The van der Waals surface area contributed by atoms with Crippen LogP contribution in [0, 0.1) is 0 Å². The van der Waals surface area contributed by atoms with Crippen molar-refractivity contribution in [1.29, 1.82) is 0 Å². The minimum atomic E-state index is -0.937. The molecule has 142 valence electrons. The average molecular weight is 400 g/mol. The third-order valence-electron chi connectivity index (χ3n) is 4.49. The van der Waals surface area contributed by atoms with Gasteiger partial charge in [0.25, 0.3) is 5.91 Å². The number of benzene rings is 1. The molecule has 3 aromatic rings. The van der Waals surface area contributed by atoms with Crippen molar-refractivity contribution < 1.29 is 28.6 Å². The van der Waals surface area contributed by atoms with Crippen LogP contribution in [0.4, 0.5) is 0 Å². The van der Waals surface area contributed by atoms with Crippen LogP contribution in [0.3, 0.4) is 0 Å². The van der Waals surface area contributed by atoms with E-state index in [1.54, 1.807) is 12.1 Å². The predicted molar refractivity (Wildman–Crippen MR) is 97.8 cm³/mol. The maximum absolute atomic E-state index is 13.0. The second-order valence-corrected chi connectivity index (χ2v) is 6.60. The largest absolute Gasteiger partial charge is 0.506 e. The summed E-state index contributed by atoms with van der Waals surface area (Å²) in [6, 6.07) is 9.73. The van der Waals surface area contributed by atoms with Crippen molar-refractivity contribution in [1.82, 2.24) is 4.90 Å². The van der Waals surface area contributed by atoms with Crippen molar-refractivity contribution in [2.75, 3.05) is 0 Å². The number of nitrogens with zero attached hydrogens (tertiary/aromatic N) is 1. The number of aliphatic hydroxyl groups excluding tert-OH is 1. The van der Waals surface area contributed by atoms with E-state index < -0.39 is 23.5 Å². The van der Waals surface area contributed by atoms with E-state index in [4.69, 9.17) is 20.4 Å². The number of hydrogen-bond donors (Lipinski definition) is 2. The van der Waals surface area contributed by atoms with Gasteiger partial charge in [-0.3, -0.25) is 9.59 Å². The van der Waals surface area contributed by atoms with Crippen molar-refractivity contribution in [2.45, 2.75) is 12.6 Å². The quantitative estimate of drug-likeness (QED) is 0.628. The van der Waals surface area contributed by atoms with Crippen LogP contribution < -0.4 is 0 Å². The summed E-state index contributed by atoms with van der Waals surface area (Å²) in [5.41, 5.74) is 0.315. The second-order valence-electron chi connectivity index (χ2n) is 6.19. The van der Waals surface area contributed by atoms with E-state index in [0.29, 0.717) is 11.3 Å². The number of aromatic hydroxyl groups is 1. The Labute approximate surface area is 164 Å². The molecule has 2 aromatic heterocycles. The molecule has 4 rings (SSSR count). The van der Waals surface area contributed by atoms with Gasteiger partial charge in [-0.1, -0.05) is 17.7 Å². The minimum absolute atomic E-state index is 0.0101. The van der Waals surface area contributed by atoms with Gasteiger partial charge in [0.05, 0.1) is 35.7 Å². The maximum Gasteiger partial charge on any atom is 0.290 e. The Bertz CT molecular complexity index is 1070. The molecule has 7 nitrogen and oxygen atoms in total. The molecule has 0 fully saturated rings. The summed E-state index contributed by atoms with van der Waals surface area (Å²) in [5.74, 6) is -1.68. The number of aliphatic hydroxyl groups is 1. The first-order valence-corrected chi connectivity index (χ1v) is 8.68. The molecule has 1 amide bonds. The molecular weight excluding hydrogens is 386 g/mol. The van der Waals surface area contributed by atoms with Crippen LogP contribution in [-0.2, 0) is 11.3 Å². The molecule has 0 bridgehead atoms. The molecule has 1 aliphatic heterocycles. The number of phenolic OH excluding ortho intramolecular Hbond substituents is 1. The zero-order chi connectivity index (χ0) is 19.8. The molecule has 0 saturated heterocycles. The summed E-state index contributed by atoms with van der Waals surface area (Å²) in [6.07, 6.45) is 2.79. The summed E-state index contributed by atoms with van der Waals surface area (Å²) in [6.45, 7) is 0.0218. The molecule has 1 aliphatic rings. The van der Waals surface area contributed by atoms with Gasteiger partial charge in [0, 0.05) is 0 Å². The Morgan fingerprint density at radius 3 is 2.50 bits per heavy atom. The highest BCUT2D eigenvalue weighted by Gasteiger charge is 2.44. The number of carbonyl (C=O) groups excluding carboxylic acids is 2. The van der Waals surface area contributed by atoms with Gasteiger partial charge in [0.1, 0.15) is 11.5 Å². The van der Waals surface area contributed by atoms with Crippen molar-refractivity contribution in [2.24, 2.45) is 0 Å². The molecule has 2 N–H and O–H groups in total. The molecule has 8 heteroatoms. The lowest BCUT2D eigenvalue weighted by molar-refractivity contribution is -0.130. The molecule has 3 heterocycles. The van der Waals surface area contributed by atoms with E-state index in [1.165, 1.54) is 47.8 Å². The van der Waals surface area contributed by atoms with Crippen molar-refractivity contribution in [3.05, 3.63) is 88.4 Å². The number of rotatable bonds is 5. The van der Waals surface area contributed by atoms with Crippen LogP contribution in [0.25, 0.3) is 0 Å². The monoisotopic (exact) mass is 399 g/mol. The standard InChI is InChI=1S/C20H14ClNO6/c21-13-9-11(5-6-14(13)23)17-16(18(24)15-4-2-8-28-15)19(25)20(26)22(17)10-12-3-1-7-27-12/h1-9,17,23,25H,10H2. The van der Waals surface area contributed by atoms with E-state index in [0.717, 1.165) is 0 Å². The lowest BCUT2D eigenvalue weighted by atomic mass is 9.95. The van der Waals surface area contributed by atoms with E-state index in [-0.39, 0.29) is 28.7 Å². The zero-order valence-corrected chi connectivity index (χ0v) is 15.1. The number of ketones is 1. The second kappa shape index (κ2) is 6.94. The highest BCUT2D eigenvalue weighted by molar-refractivity contribution is 6.32. The molecule has 0 saturated carbocycles. The molecule has 1 unspecified atom stereocenters. The first-order chi connectivity index (χ1) is 13.5. The number of hydrogen-bond acceptors (Lipinski definition) is 6. The summed E-state index contributed by atoms with van der Waals surface area (Å²) < 4.78 is 10.5. The normalized spacial score (nSPS) is 16.8. The summed E-state index contributed by atoms with van der Waals surface area (Å²) in [5, 5.41) is 20.3. The van der Waals surface area contributed by atoms with Gasteiger partial charge in [-0.25, -0.2) is 0 Å². The van der Waals surface area contributed by atoms with Crippen molar-refractivity contribution in [3.8, 4) is 5.75 Å². The summed E-state index contributed by atoms with van der Waals surface area (Å²) in [4.78, 5) is 27.0. The Kier molecular flexibility index (Phi) is 4.44. The smallest absolute Gasteiger partial charge is 0.290 e. The summed E-state index contributed by atoms with van der Waals surface area (Å²) >= 11 is 6.03. The SMILES string of the molecule is O=C(C1=C(O)C(=O)N(Cc2ccco2)C1c1ccc(O)c(Cl)c1)c1ccco1. The number of phenols is 1. The van der Waals surface area contributed by atoms with Gasteiger partial charge < -0.3 is 23.9 Å². The fraction of sp³-hybridized carbons (Fsp3) is 0.100. The number of furan rings is 2. The number of Topliss-reactive ketones (excluding diaryl/α,β-unsaturated/α-hetero) is 1. The first-order valence-electron chi connectivity index (χ1n) is 8.30. The number of carbonyl (C=O) groups is 2. The van der Waals surface area contributed by atoms with Gasteiger partial charge in [0.15, 0.2) is 11.5 Å². The van der Waals surface area contributed by atoms with E-state index >= 15 is 0 Å². The highest BCUT2D eigenvalue weighted by atomic mass is 35.5. The van der Waals surface area contributed by atoms with Crippen LogP contribution >= 0.6 is 11.6 Å². The minimum Gasteiger partial charge on any atom is -0.506 e. The third kappa shape index (κ3) is 2.95. The topological polar surface area (TPSA) is 104 Å². The van der Waals surface area contributed by atoms with Crippen LogP contribution in [0.1, 0.15) is 27.9 Å². The molecular formula is C20H14ClNO6. The molecule has 0 aliphatic carbocycles. The van der Waals surface area contributed by atoms with Crippen LogP contribution in [0.15, 0.2) is 75.2 Å². The molecule has 1 aromatic carbocycles. The lowest BCUT2D eigenvalue weighted by Crippen LogP contribution is -2.30. The molecule has 0 radical (unpaired) electrons. The Balaban J connectivity index is 1.83. The molecule has 1 atom stereocenters. The van der Waals surface area contributed by atoms with Gasteiger partial charge in [-0.05, 0) is 42.0 Å².